The molecule has 0 atom stereocenters. The Morgan fingerprint density at radius 2 is 2.05 bits per heavy atom. The lowest BCUT2D eigenvalue weighted by atomic mass is 10.1. The normalized spacial score (nSPS) is 10.3. The SMILES string of the molecule is CNCCOCCOc1ccc(C)cc1C(=O)OC. The highest BCUT2D eigenvalue weighted by Crippen LogP contribution is 2.20. The van der Waals surface area contributed by atoms with Gasteiger partial charge >= 0.3 is 5.97 Å². The third kappa shape index (κ3) is 5.28. The van der Waals surface area contributed by atoms with Crippen molar-refractivity contribution >= 4 is 5.97 Å². The van der Waals surface area contributed by atoms with E-state index >= 15 is 0 Å². The molecule has 0 unspecified atom stereocenters. The third-order valence-corrected chi connectivity index (χ3v) is 2.52. The predicted molar refractivity (Wildman–Crippen MR) is 72.8 cm³/mol. The summed E-state index contributed by atoms with van der Waals surface area (Å²) < 4.78 is 15.6. The molecule has 0 fully saturated rings. The van der Waals surface area contributed by atoms with Crippen LogP contribution in [0.1, 0.15) is 15.9 Å². The van der Waals surface area contributed by atoms with Crippen LogP contribution < -0.4 is 10.1 Å². The number of carbonyl (C=O) groups is 1. The van der Waals surface area contributed by atoms with E-state index in [-0.39, 0.29) is 0 Å². The van der Waals surface area contributed by atoms with E-state index in [4.69, 9.17) is 14.2 Å². The largest absolute Gasteiger partial charge is 0.490 e. The van der Waals surface area contributed by atoms with E-state index in [1.165, 1.54) is 7.11 Å². The van der Waals surface area contributed by atoms with Crippen molar-refractivity contribution in [2.75, 3.05) is 40.5 Å². The van der Waals surface area contributed by atoms with Gasteiger partial charge in [0.1, 0.15) is 17.9 Å². The van der Waals surface area contributed by atoms with E-state index in [0.717, 1.165) is 12.1 Å². The number of methoxy groups -OCH3 is 1. The van der Waals surface area contributed by atoms with Gasteiger partial charge in [0.15, 0.2) is 0 Å². The van der Waals surface area contributed by atoms with E-state index in [9.17, 15) is 4.79 Å². The van der Waals surface area contributed by atoms with Crippen molar-refractivity contribution in [2.24, 2.45) is 0 Å². The number of rotatable bonds is 8. The van der Waals surface area contributed by atoms with E-state index in [2.05, 4.69) is 5.32 Å². The van der Waals surface area contributed by atoms with Crippen molar-refractivity contribution in [2.45, 2.75) is 6.92 Å². The van der Waals surface area contributed by atoms with Gasteiger partial charge < -0.3 is 19.5 Å². The van der Waals surface area contributed by atoms with Gasteiger partial charge in [-0.3, -0.25) is 0 Å². The molecule has 5 heteroatoms. The standard InChI is InChI=1S/C14H21NO4/c1-11-4-5-13(12(10-11)14(16)17-3)19-9-8-18-7-6-15-2/h4-5,10,15H,6-9H2,1-3H3. The summed E-state index contributed by atoms with van der Waals surface area (Å²) in [7, 11) is 3.23. The first-order chi connectivity index (χ1) is 9.19. The number of benzene rings is 1. The highest BCUT2D eigenvalue weighted by molar-refractivity contribution is 5.92. The Bertz CT molecular complexity index is 406. The number of carbonyl (C=O) groups excluding carboxylic acids is 1. The first kappa shape index (κ1) is 15.5. The highest BCUT2D eigenvalue weighted by Gasteiger charge is 2.13. The van der Waals surface area contributed by atoms with Crippen LogP contribution >= 0.6 is 0 Å². The lowest BCUT2D eigenvalue weighted by molar-refractivity contribution is 0.0591. The molecular weight excluding hydrogens is 246 g/mol. The van der Waals surface area contributed by atoms with Crippen molar-refractivity contribution in [1.82, 2.24) is 5.32 Å². The smallest absolute Gasteiger partial charge is 0.341 e. The van der Waals surface area contributed by atoms with Gasteiger partial charge in [0, 0.05) is 6.54 Å². The zero-order valence-corrected chi connectivity index (χ0v) is 11.7. The zero-order valence-electron chi connectivity index (χ0n) is 11.7. The van der Waals surface area contributed by atoms with E-state index in [0.29, 0.717) is 31.1 Å². The summed E-state index contributed by atoms with van der Waals surface area (Å²) in [5.41, 5.74) is 1.43. The highest BCUT2D eigenvalue weighted by atomic mass is 16.5. The summed E-state index contributed by atoms with van der Waals surface area (Å²) in [5, 5.41) is 2.99. The Morgan fingerprint density at radius 3 is 2.74 bits per heavy atom. The van der Waals surface area contributed by atoms with Gasteiger partial charge in [-0.25, -0.2) is 4.79 Å². The van der Waals surface area contributed by atoms with Crippen molar-refractivity contribution in [1.29, 1.82) is 0 Å². The number of esters is 1. The van der Waals surface area contributed by atoms with Crippen LogP contribution in [-0.4, -0.2) is 46.5 Å². The molecule has 0 radical (unpaired) electrons. The quantitative estimate of drug-likeness (QED) is 0.570. The second-order valence-corrected chi connectivity index (χ2v) is 4.06. The fraction of sp³-hybridized carbons (Fsp3) is 0.500. The van der Waals surface area contributed by atoms with Gasteiger partial charge in [0.05, 0.1) is 20.3 Å². The molecule has 0 aliphatic heterocycles. The minimum atomic E-state index is -0.394. The van der Waals surface area contributed by atoms with Gasteiger partial charge in [0.25, 0.3) is 0 Å². The van der Waals surface area contributed by atoms with Crippen molar-refractivity contribution in [3.05, 3.63) is 29.3 Å². The van der Waals surface area contributed by atoms with E-state index in [1.54, 1.807) is 12.1 Å². The molecule has 0 saturated carbocycles. The van der Waals surface area contributed by atoms with Crippen LogP contribution in [-0.2, 0) is 9.47 Å². The maximum atomic E-state index is 11.6. The predicted octanol–water partition coefficient (Wildman–Crippen LogP) is 1.40. The molecule has 0 heterocycles. The maximum absolute atomic E-state index is 11.6. The molecule has 0 bridgehead atoms. The third-order valence-electron chi connectivity index (χ3n) is 2.52. The first-order valence-corrected chi connectivity index (χ1v) is 6.23. The van der Waals surface area contributed by atoms with Crippen molar-refractivity contribution in [3.8, 4) is 5.75 Å². The molecule has 19 heavy (non-hydrogen) atoms. The van der Waals surface area contributed by atoms with Crippen molar-refractivity contribution in [3.63, 3.8) is 0 Å². The number of hydrogen-bond acceptors (Lipinski definition) is 5. The molecule has 0 aromatic heterocycles. The molecule has 0 aliphatic carbocycles. The fourth-order valence-electron chi connectivity index (χ4n) is 1.53. The van der Waals surface area contributed by atoms with Gasteiger partial charge in [-0.2, -0.15) is 0 Å². The molecule has 1 aromatic carbocycles. The Balaban J connectivity index is 2.50. The lowest BCUT2D eigenvalue weighted by Crippen LogP contribution is -2.17. The Morgan fingerprint density at radius 1 is 1.26 bits per heavy atom. The minimum Gasteiger partial charge on any atom is -0.490 e. The van der Waals surface area contributed by atoms with Crippen LogP contribution in [0, 0.1) is 6.92 Å². The van der Waals surface area contributed by atoms with Crippen LogP contribution in [0.5, 0.6) is 5.75 Å². The molecule has 0 spiro atoms. The summed E-state index contributed by atoms with van der Waals surface area (Å²) >= 11 is 0. The summed E-state index contributed by atoms with van der Waals surface area (Å²) in [6.07, 6.45) is 0. The van der Waals surface area contributed by atoms with Gasteiger partial charge in [-0.1, -0.05) is 11.6 Å². The molecule has 1 N–H and O–H groups in total. The molecule has 0 saturated heterocycles. The van der Waals surface area contributed by atoms with E-state index in [1.807, 2.05) is 20.0 Å². The van der Waals surface area contributed by atoms with Crippen LogP contribution in [0.25, 0.3) is 0 Å². The average molecular weight is 267 g/mol. The van der Waals surface area contributed by atoms with Crippen LogP contribution in [0.15, 0.2) is 18.2 Å². The molecular formula is C14H21NO4. The molecule has 1 rings (SSSR count). The second kappa shape index (κ2) is 8.50. The van der Waals surface area contributed by atoms with Gasteiger partial charge in [-0.15, -0.1) is 0 Å². The Hall–Kier alpha value is -1.59. The number of likely N-dealkylation sites (N-methyl/N-ethyl adjacent to an activating group) is 1. The monoisotopic (exact) mass is 267 g/mol. The molecule has 1 aromatic rings. The van der Waals surface area contributed by atoms with Crippen molar-refractivity contribution < 1.29 is 19.0 Å². The second-order valence-electron chi connectivity index (χ2n) is 4.06. The van der Waals surface area contributed by atoms with Gasteiger partial charge in [0.2, 0.25) is 0 Å². The van der Waals surface area contributed by atoms with Crippen LogP contribution in [0.3, 0.4) is 0 Å². The maximum Gasteiger partial charge on any atom is 0.341 e. The number of ether oxygens (including phenoxy) is 3. The average Bonchev–Trinajstić information content (AvgIpc) is 2.43. The zero-order chi connectivity index (χ0) is 14.1. The lowest BCUT2D eigenvalue weighted by Gasteiger charge is -2.11. The Kier molecular flexibility index (Phi) is 6.92. The summed E-state index contributed by atoms with van der Waals surface area (Å²) in [6, 6.07) is 5.42. The van der Waals surface area contributed by atoms with E-state index < -0.39 is 5.97 Å². The molecule has 0 aliphatic rings. The van der Waals surface area contributed by atoms with Crippen LogP contribution in [0.2, 0.25) is 0 Å². The minimum absolute atomic E-state index is 0.394. The number of nitrogens with one attached hydrogen (secondary N) is 1. The molecule has 0 amide bonds. The molecule has 106 valence electrons. The number of hydrogen-bond donors (Lipinski definition) is 1. The summed E-state index contributed by atoms with van der Waals surface area (Å²) in [5.74, 6) is 0.129. The topological polar surface area (TPSA) is 56.8 Å². The van der Waals surface area contributed by atoms with Gasteiger partial charge in [-0.05, 0) is 26.1 Å². The fourth-order valence-corrected chi connectivity index (χ4v) is 1.53. The first-order valence-electron chi connectivity index (χ1n) is 6.23. The number of aryl methyl sites for hydroxylation is 1. The van der Waals surface area contributed by atoms with Crippen LogP contribution in [0.4, 0.5) is 0 Å². The summed E-state index contributed by atoms with van der Waals surface area (Å²) in [4.78, 5) is 11.6. The molecule has 5 nitrogen and oxygen atoms in total. The Labute approximate surface area is 113 Å². The summed E-state index contributed by atoms with van der Waals surface area (Å²) in [6.45, 7) is 4.24.